The van der Waals surface area contributed by atoms with E-state index in [2.05, 4.69) is 17.5 Å². The molecule has 1 unspecified atom stereocenters. The molecule has 1 amide bonds. The second kappa shape index (κ2) is 9.97. The fourth-order valence-corrected chi connectivity index (χ4v) is 5.82. The van der Waals surface area contributed by atoms with E-state index in [0.29, 0.717) is 18.5 Å². The zero-order valence-corrected chi connectivity index (χ0v) is 19.8. The van der Waals surface area contributed by atoms with Crippen LogP contribution in [0.4, 0.5) is 8.78 Å². The molecule has 5 rings (SSSR count). The average molecular weight is 465 g/mol. The van der Waals surface area contributed by atoms with Gasteiger partial charge < -0.3 is 5.32 Å². The molecule has 1 aromatic heterocycles. The van der Waals surface area contributed by atoms with Crippen molar-refractivity contribution in [1.29, 1.82) is 0 Å². The number of pyridine rings is 1. The topological polar surface area (TPSA) is 42.0 Å². The average Bonchev–Trinajstić information content (AvgIpc) is 2.87. The Morgan fingerprint density at radius 1 is 0.971 bits per heavy atom. The molecular weight excluding hydrogens is 430 g/mol. The van der Waals surface area contributed by atoms with Gasteiger partial charge in [0, 0.05) is 24.8 Å². The maximum Gasteiger partial charge on any atom is 0.252 e. The van der Waals surface area contributed by atoms with Gasteiger partial charge in [-0.3, -0.25) is 4.79 Å². The lowest BCUT2D eigenvalue weighted by atomic mass is 9.86. The molecule has 1 fully saturated rings. The van der Waals surface area contributed by atoms with Crippen LogP contribution in [0, 0.1) is 5.92 Å². The van der Waals surface area contributed by atoms with Crippen LogP contribution in [0.3, 0.4) is 0 Å². The summed E-state index contributed by atoms with van der Waals surface area (Å²) in [4.78, 5) is 18.5. The number of hydrogen-bond acceptors (Lipinski definition) is 2. The number of carbonyl (C=O) groups excluding carboxylic acids is 1. The molecule has 180 valence electrons. The van der Waals surface area contributed by atoms with Crippen molar-refractivity contribution in [1.82, 2.24) is 10.3 Å². The highest BCUT2D eigenvalue weighted by Crippen LogP contribution is 2.37. The van der Waals surface area contributed by atoms with Crippen LogP contribution in [0.1, 0.15) is 98.7 Å². The normalized spacial score (nSPS) is 22.7. The van der Waals surface area contributed by atoms with Crippen molar-refractivity contribution < 1.29 is 13.6 Å². The smallest absolute Gasteiger partial charge is 0.252 e. The molecule has 0 bridgehead atoms. The number of allylic oxidation sites excluding steroid dienone is 4. The van der Waals surface area contributed by atoms with Crippen molar-refractivity contribution in [3.63, 3.8) is 0 Å². The van der Waals surface area contributed by atoms with Crippen LogP contribution in [0.25, 0.3) is 22.0 Å². The lowest BCUT2D eigenvalue weighted by Crippen LogP contribution is -2.35. The maximum atomic E-state index is 13.9. The standard InChI is InChI=1S/C29H34F2N2O/c30-29(31)17-7-8-20(18-29)19-32-28(34)27-23(21-9-3-1-4-10-21)13-16-26-24(27)14-15-25(33-26)22-11-5-2-6-12-22/h9,11,13-16,20H,1-8,10,12,17-19H2,(H,32,34). The highest BCUT2D eigenvalue weighted by atomic mass is 19.3. The van der Waals surface area contributed by atoms with E-state index in [1.165, 1.54) is 30.4 Å². The quantitative estimate of drug-likeness (QED) is 0.492. The third-order valence-corrected chi connectivity index (χ3v) is 7.65. The zero-order chi connectivity index (χ0) is 23.5. The Morgan fingerprint density at radius 3 is 2.44 bits per heavy atom. The molecule has 3 aliphatic carbocycles. The van der Waals surface area contributed by atoms with Gasteiger partial charge in [-0.1, -0.05) is 18.2 Å². The molecule has 34 heavy (non-hydrogen) atoms. The SMILES string of the molecule is O=C(NCC1CCCC(F)(F)C1)c1c(C2=CCCCC2)ccc2nc(C3=CCCCC3)ccc12. The minimum atomic E-state index is -2.61. The van der Waals surface area contributed by atoms with Crippen molar-refractivity contribution in [2.45, 2.75) is 83.0 Å². The Balaban J connectivity index is 1.48. The maximum absolute atomic E-state index is 13.9. The highest BCUT2D eigenvalue weighted by Gasteiger charge is 2.36. The van der Waals surface area contributed by atoms with Crippen molar-refractivity contribution in [3.05, 3.63) is 53.2 Å². The molecule has 1 saturated carbocycles. The fourth-order valence-electron chi connectivity index (χ4n) is 5.82. The Morgan fingerprint density at radius 2 is 1.74 bits per heavy atom. The van der Waals surface area contributed by atoms with E-state index < -0.39 is 5.92 Å². The predicted molar refractivity (Wildman–Crippen MR) is 134 cm³/mol. The van der Waals surface area contributed by atoms with Gasteiger partial charge in [-0.2, -0.15) is 0 Å². The number of halogens is 2. The molecule has 3 nitrogen and oxygen atoms in total. The van der Waals surface area contributed by atoms with Crippen LogP contribution in [-0.2, 0) is 0 Å². The Hall–Kier alpha value is -2.56. The minimum absolute atomic E-state index is 0.0382. The lowest BCUT2D eigenvalue weighted by molar-refractivity contribution is -0.0518. The second-order valence-corrected chi connectivity index (χ2v) is 10.2. The first-order valence-electron chi connectivity index (χ1n) is 13.0. The van der Waals surface area contributed by atoms with Gasteiger partial charge in [-0.05, 0) is 105 Å². The van der Waals surface area contributed by atoms with Crippen molar-refractivity contribution >= 4 is 28.0 Å². The summed E-state index contributed by atoms with van der Waals surface area (Å²) < 4.78 is 27.8. The van der Waals surface area contributed by atoms with Gasteiger partial charge in [0.2, 0.25) is 5.92 Å². The molecule has 1 heterocycles. The molecule has 0 aliphatic heterocycles. The van der Waals surface area contributed by atoms with Gasteiger partial charge >= 0.3 is 0 Å². The number of carbonyl (C=O) groups is 1. The number of nitrogens with zero attached hydrogens (tertiary/aromatic N) is 1. The van der Waals surface area contributed by atoms with Gasteiger partial charge in [0.05, 0.1) is 16.8 Å². The van der Waals surface area contributed by atoms with Crippen LogP contribution in [0.15, 0.2) is 36.4 Å². The first-order valence-corrected chi connectivity index (χ1v) is 13.0. The van der Waals surface area contributed by atoms with E-state index in [4.69, 9.17) is 4.98 Å². The molecule has 1 N–H and O–H groups in total. The predicted octanol–water partition coefficient (Wildman–Crippen LogP) is 7.70. The first kappa shape index (κ1) is 23.2. The molecular formula is C29H34F2N2O. The molecule has 0 radical (unpaired) electrons. The third-order valence-electron chi connectivity index (χ3n) is 7.65. The second-order valence-electron chi connectivity index (χ2n) is 10.2. The molecule has 2 aromatic rings. The van der Waals surface area contributed by atoms with Crippen LogP contribution in [0.2, 0.25) is 0 Å². The summed E-state index contributed by atoms with van der Waals surface area (Å²) in [6, 6.07) is 8.14. The van der Waals surface area contributed by atoms with Crippen LogP contribution in [-0.4, -0.2) is 23.4 Å². The van der Waals surface area contributed by atoms with E-state index in [1.807, 2.05) is 24.3 Å². The van der Waals surface area contributed by atoms with E-state index in [-0.39, 0.29) is 24.7 Å². The molecule has 1 aromatic carbocycles. The number of rotatable bonds is 5. The van der Waals surface area contributed by atoms with Gasteiger partial charge in [-0.25, -0.2) is 13.8 Å². The van der Waals surface area contributed by atoms with E-state index in [0.717, 1.165) is 60.7 Å². The summed E-state index contributed by atoms with van der Waals surface area (Å²) in [7, 11) is 0. The summed E-state index contributed by atoms with van der Waals surface area (Å²) in [5.74, 6) is -2.96. The first-order chi connectivity index (χ1) is 16.5. The molecule has 0 saturated heterocycles. The fraction of sp³-hybridized carbons (Fsp3) is 0.517. The largest absolute Gasteiger partial charge is 0.352 e. The van der Waals surface area contributed by atoms with Crippen molar-refractivity contribution in [2.24, 2.45) is 5.92 Å². The summed E-state index contributed by atoms with van der Waals surface area (Å²) >= 11 is 0. The number of fused-ring (bicyclic) bond motifs is 1. The van der Waals surface area contributed by atoms with Crippen LogP contribution >= 0.6 is 0 Å². The number of benzene rings is 1. The summed E-state index contributed by atoms with van der Waals surface area (Å²) in [5, 5.41) is 3.86. The van der Waals surface area contributed by atoms with Gasteiger partial charge in [0.25, 0.3) is 5.91 Å². The molecule has 1 atom stereocenters. The highest BCUT2D eigenvalue weighted by molar-refractivity contribution is 6.10. The minimum Gasteiger partial charge on any atom is -0.352 e. The third kappa shape index (κ3) is 5.08. The molecule has 3 aliphatic rings. The number of alkyl halides is 2. The van der Waals surface area contributed by atoms with Crippen molar-refractivity contribution in [2.75, 3.05) is 6.54 Å². The molecule has 0 spiro atoms. The Kier molecular flexibility index (Phi) is 6.80. The van der Waals surface area contributed by atoms with Crippen LogP contribution < -0.4 is 5.32 Å². The summed E-state index contributed by atoms with van der Waals surface area (Å²) in [6.45, 7) is 0.293. The number of aromatic nitrogens is 1. The number of hydrogen-bond donors (Lipinski definition) is 1. The zero-order valence-electron chi connectivity index (χ0n) is 19.8. The Bertz CT molecular complexity index is 1130. The summed E-state index contributed by atoms with van der Waals surface area (Å²) in [6.07, 6.45) is 14.4. The van der Waals surface area contributed by atoms with Gasteiger partial charge in [0.15, 0.2) is 0 Å². The number of nitrogens with one attached hydrogen (secondary N) is 1. The number of amides is 1. The molecule has 5 heteroatoms. The van der Waals surface area contributed by atoms with Gasteiger partial charge in [0.1, 0.15) is 0 Å². The van der Waals surface area contributed by atoms with E-state index in [1.54, 1.807) is 0 Å². The van der Waals surface area contributed by atoms with Crippen LogP contribution in [0.5, 0.6) is 0 Å². The monoisotopic (exact) mass is 464 g/mol. The van der Waals surface area contributed by atoms with Crippen molar-refractivity contribution in [3.8, 4) is 0 Å². The Labute approximate surface area is 200 Å². The summed E-state index contributed by atoms with van der Waals surface area (Å²) in [5.41, 5.74) is 5.92. The van der Waals surface area contributed by atoms with E-state index in [9.17, 15) is 13.6 Å². The van der Waals surface area contributed by atoms with E-state index >= 15 is 0 Å². The lowest BCUT2D eigenvalue weighted by Gasteiger charge is -2.29. The van der Waals surface area contributed by atoms with Gasteiger partial charge in [-0.15, -0.1) is 0 Å².